The number of rotatable bonds is 2. The van der Waals surface area contributed by atoms with Crippen LogP contribution in [0.4, 0.5) is 34.1 Å². The number of anilines is 6. The van der Waals surface area contributed by atoms with Crippen molar-refractivity contribution < 1.29 is 18.9 Å². The fraction of sp³-hybridized carbons (Fsp3) is 0. The van der Waals surface area contributed by atoms with E-state index in [0.29, 0.717) is 0 Å². The van der Waals surface area contributed by atoms with Gasteiger partial charge in [0.25, 0.3) is 0 Å². The van der Waals surface area contributed by atoms with E-state index >= 15 is 0 Å². The van der Waals surface area contributed by atoms with Gasteiger partial charge in [0.15, 0.2) is 0 Å². The standard InChI is InChI=1S/C54H30Ge2N2O4/c1-3-15-31(16-4-1)57-37-21-11-23-39-45(37)55-47-43(59-41-25-29-13-7-9-19-33(29)53(61-39)49(41)55)28-36-35(51(47)57)27-44-48-52(36)58(32-17-5-2-6-18-32)38-22-12-24-40-46(38)56(48)50-42(60-44)26-30-14-8-10-20-34(30)54(50)62-40/h1-28,55-56H. The molecule has 10 aromatic rings. The molecule has 8 heteroatoms. The third-order valence-electron chi connectivity index (χ3n) is 14.0. The summed E-state index contributed by atoms with van der Waals surface area (Å²) < 4.78 is 36.7. The van der Waals surface area contributed by atoms with Crippen molar-refractivity contribution in [2.75, 3.05) is 9.80 Å². The number of para-hydroxylation sites is 2. The second-order valence-electron chi connectivity index (χ2n) is 17.0. The summed E-state index contributed by atoms with van der Waals surface area (Å²) in [6.45, 7) is 0. The average Bonchev–Trinajstić information content (AvgIpc) is 3.32. The van der Waals surface area contributed by atoms with Gasteiger partial charge in [0.05, 0.1) is 0 Å². The van der Waals surface area contributed by atoms with Crippen molar-refractivity contribution in [2.45, 2.75) is 0 Å². The number of benzene rings is 10. The molecule has 2 atom stereocenters. The van der Waals surface area contributed by atoms with Crippen molar-refractivity contribution in [1.82, 2.24) is 0 Å². The molecule has 0 saturated carbocycles. The molecule has 62 heavy (non-hydrogen) atoms. The molecule has 6 nitrogen and oxygen atoms in total. The van der Waals surface area contributed by atoms with E-state index in [1.807, 2.05) is 0 Å². The number of hydrogen-bond acceptors (Lipinski definition) is 6. The van der Waals surface area contributed by atoms with Gasteiger partial charge in [-0.25, -0.2) is 0 Å². The minimum atomic E-state index is -2.95. The molecule has 6 heterocycles. The van der Waals surface area contributed by atoms with Crippen molar-refractivity contribution in [1.29, 1.82) is 0 Å². The van der Waals surface area contributed by atoms with E-state index in [9.17, 15) is 0 Å². The van der Waals surface area contributed by atoms with Gasteiger partial charge in [-0.2, -0.15) is 0 Å². The molecular weight excluding hydrogens is 886 g/mol. The zero-order valence-electron chi connectivity index (χ0n) is 32.8. The van der Waals surface area contributed by atoms with Crippen molar-refractivity contribution in [2.24, 2.45) is 0 Å². The number of hydrogen-bond donors (Lipinski definition) is 0. The van der Waals surface area contributed by atoms with Crippen LogP contribution < -0.4 is 55.1 Å². The normalized spacial score (nSPS) is 16.8. The van der Waals surface area contributed by atoms with Crippen molar-refractivity contribution in [3.05, 3.63) is 170 Å². The Morgan fingerprint density at radius 3 is 1.19 bits per heavy atom. The zero-order chi connectivity index (χ0) is 39.9. The quantitative estimate of drug-likeness (QED) is 0.161. The molecule has 2 unspecified atom stereocenters. The van der Waals surface area contributed by atoms with Crippen molar-refractivity contribution in [3.63, 3.8) is 0 Å². The maximum atomic E-state index is 7.37. The molecule has 0 amide bonds. The first-order chi connectivity index (χ1) is 30.8. The predicted molar refractivity (Wildman–Crippen MR) is 254 cm³/mol. The third-order valence-corrected chi connectivity index (χ3v) is 28.4. The average molecular weight is 916 g/mol. The van der Waals surface area contributed by atoms with Crippen LogP contribution in [0.2, 0.25) is 0 Å². The van der Waals surface area contributed by atoms with Crippen molar-refractivity contribution >= 4 is 122 Å². The van der Waals surface area contributed by atoms with Crippen LogP contribution in [-0.2, 0) is 0 Å². The van der Waals surface area contributed by atoms with Gasteiger partial charge >= 0.3 is 366 Å². The topological polar surface area (TPSA) is 43.4 Å². The maximum absolute atomic E-state index is 7.37. The van der Waals surface area contributed by atoms with Gasteiger partial charge in [-0.05, 0) is 0 Å². The first-order valence-corrected chi connectivity index (χ1v) is 28.5. The summed E-state index contributed by atoms with van der Waals surface area (Å²) in [7, 11) is 0. The van der Waals surface area contributed by atoms with Gasteiger partial charge in [-0.3, -0.25) is 0 Å². The Hall–Kier alpha value is -7.13. The van der Waals surface area contributed by atoms with Gasteiger partial charge in [0.2, 0.25) is 0 Å². The Kier molecular flexibility index (Phi) is 6.00. The van der Waals surface area contributed by atoms with Crippen LogP contribution in [0, 0.1) is 0 Å². The molecule has 0 radical (unpaired) electrons. The summed E-state index contributed by atoms with van der Waals surface area (Å²) >= 11 is -5.90. The fourth-order valence-electron chi connectivity index (χ4n) is 11.7. The minimum absolute atomic E-state index is 0.924. The first-order valence-electron chi connectivity index (χ1n) is 21.2. The van der Waals surface area contributed by atoms with Crippen LogP contribution in [0.3, 0.4) is 0 Å². The van der Waals surface area contributed by atoms with Crippen LogP contribution in [0.1, 0.15) is 0 Å². The zero-order valence-corrected chi connectivity index (χ0v) is 37.7. The molecule has 0 aromatic heterocycles. The van der Waals surface area contributed by atoms with Crippen LogP contribution in [-0.4, -0.2) is 28.7 Å². The van der Waals surface area contributed by atoms with E-state index in [4.69, 9.17) is 18.9 Å². The second kappa shape index (κ2) is 11.4. The summed E-state index contributed by atoms with van der Waals surface area (Å²) in [5, 5.41) is 6.81. The molecule has 0 spiro atoms. The Morgan fingerprint density at radius 1 is 0.306 bits per heavy atom. The molecule has 6 aliphatic heterocycles. The number of nitrogens with zero attached hydrogens (tertiary/aromatic N) is 2. The molecule has 0 fully saturated rings. The van der Waals surface area contributed by atoms with E-state index in [-0.39, 0.29) is 0 Å². The van der Waals surface area contributed by atoms with E-state index in [0.717, 1.165) is 89.7 Å². The SMILES string of the molecule is c1ccc(N2c3cccc4[c]3[GeH]3[c]5c(cc6ccccc6c5O4)Oc4cc5c6[c]7c(cc5c2[c]43)Oc2cc3ccccc3c3[c]2[GeH]7[c]2c(cccc2N6c2ccccc2)O3)cc1. The molecular formula is C54H30Ge2N2O4. The predicted octanol–water partition coefficient (Wildman–Crippen LogP) is 9.63. The molecule has 0 bridgehead atoms. The van der Waals surface area contributed by atoms with Gasteiger partial charge in [0, 0.05) is 0 Å². The fourth-order valence-corrected chi connectivity index (χ4v) is 27.3. The Morgan fingerprint density at radius 2 is 0.726 bits per heavy atom. The van der Waals surface area contributed by atoms with Crippen LogP contribution in [0.15, 0.2) is 170 Å². The molecule has 0 N–H and O–H groups in total. The van der Waals surface area contributed by atoms with E-state index in [1.54, 1.807) is 0 Å². The second-order valence-corrected chi connectivity index (χ2v) is 27.9. The molecule has 0 aliphatic carbocycles. The van der Waals surface area contributed by atoms with Gasteiger partial charge in [-0.1, -0.05) is 0 Å². The number of ether oxygens (including phenoxy) is 4. The van der Waals surface area contributed by atoms with E-state index in [2.05, 4.69) is 180 Å². The molecule has 288 valence electrons. The summed E-state index contributed by atoms with van der Waals surface area (Å²) in [5.74, 6) is 7.57. The van der Waals surface area contributed by atoms with E-state index in [1.165, 1.54) is 49.1 Å². The summed E-state index contributed by atoms with van der Waals surface area (Å²) in [4.78, 5) is 4.98. The Balaban J connectivity index is 1.09. The Bertz CT molecular complexity index is 3500. The monoisotopic (exact) mass is 918 g/mol. The van der Waals surface area contributed by atoms with Gasteiger partial charge < -0.3 is 0 Å². The van der Waals surface area contributed by atoms with Gasteiger partial charge in [0.1, 0.15) is 0 Å². The van der Waals surface area contributed by atoms with E-state index < -0.39 is 28.7 Å². The molecule has 6 aliphatic rings. The summed E-state index contributed by atoms with van der Waals surface area (Å²) in [6.07, 6.45) is 0. The van der Waals surface area contributed by atoms with Gasteiger partial charge in [-0.15, -0.1) is 0 Å². The molecule has 0 saturated heterocycles. The number of fused-ring (bicyclic) bond motifs is 7. The summed E-state index contributed by atoms with van der Waals surface area (Å²) in [6, 6.07) is 61.4. The molecule has 16 rings (SSSR count). The van der Waals surface area contributed by atoms with Crippen molar-refractivity contribution in [3.8, 4) is 46.0 Å². The first kappa shape index (κ1) is 32.6. The summed E-state index contributed by atoms with van der Waals surface area (Å²) in [5.41, 5.74) is 6.92. The Labute approximate surface area is 363 Å². The molecule has 10 aromatic carbocycles. The van der Waals surface area contributed by atoms with Crippen LogP contribution in [0.25, 0.3) is 32.3 Å². The van der Waals surface area contributed by atoms with Crippen LogP contribution >= 0.6 is 0 Å². The third kappa shape index (κ3) is 3.90. The van der Waals surface area contributed by atoms with Crippen LogP contribution in [0.5, 0.6) is 46.0 Å².